The molecule has 16 heavy (non-hydrogen) atoms. The van der Waals surface area contributed by atoms with Gasteiger partial charge in [-0.2, -0.15) is 0 Å². The number of carbonyl (C=O) groups is 1. The normalized spacial score (nSPS) is 17.7. The summed E-state index contributed by atoms with van der Waals surface area (Å²) in [5, 5.41) is 2.06. The highest BCUT2D eigenvalue weighted by molar-refractivity contribution is 7.12. The highest BCUT2D eigenvalue weighted by Gasteiger charge is 2.19. The second-order valence-electron chi connectivity index (χ2n) is 3.97. The van der Waals surface area contributed by atoms with Crippen LogP contribution in [0.5, 0.6) is 0 Å². The summed E-state index contributed by atoms with van der Waals surface area (Å²) < 4.78 is 5.61. The molecule has 0 radical (unpaired) electrons. The Hall–Kier alpha value is -0.870. The molecule has 2 rings (SSSR count). The average molecular weight is 239 g/mol. The Balaban J connectivity index is 1.91. The highest BCUT2D eigenvalue weighted by atomic mass is 32.1. The number of aldehydes is 1. The number of rotatable bonds is 4. The Kier molecular flexibility index (Phi) is 3.96. The molecule has 0 atom stereocenters. The molecule has 2 heterocycles. The fraction of sp³-hybridized carbons (Fsp3) is 0.583. The Labute approximate surface area is 100 Å². The molecule has 0 aliphatic carbocycles. The van der Waals surface area contributed by atoms with Crippen molar-refractivity contribution < 1.29 is 9.53 Å². The van der Waals surface area contributed by atoms with Crippen LogP contribution < -0.4 is 4.90 Å². The third-order valence-electron chi connectivity index (χ3n) is 2.93. The first-order chi connectivity index (χ1) is 7.83. The molecule has 0 spiro atoms. The lowest BCUT2D eigenvalue weighted by Gasteiger charge is -2.32. The predicted molar refractivity (Wildman–Crippen MR) is 66.6 cm³/mol. The first-order valence-corrected chi connectivity index (χ1v) is 6.61. The number of carbonyl (C=O) groups excluding carboxylic acids is 1. The summed E-state index contributed by atoms with van der Waals surface area (Å²) in [5.74, 6) is 0. The van der Waals surface area contributed by atoms with Crippen LogP contribution in [-0.4, -0.2) is 32.1 Å². The van der Waals surface area contributed by atoms with E-state index >= 15 is 0 Å². The van der Waals surface area contributed by atoms with Crippen molar-refractivity contribution in [1.82, 2.24) is 0 Å². The number of ether oxygens (including phenoxy) is 1. The van der Waals surface area contributed by atoms with E-state index in [-0.39, 0.29) is 0 Å². The first-order valence-electron chi connectivity index (χ1n) is 5.73. The molecule has 1 aromatic rings. The van der Waals surface area contributed by atoms with Crippen LogP contribution in [0, 0.1) is 0 Å². The Morgan fingerprint density at radius 2 is 2.31 bits per heavy atom. The topological polar surface area (TPSA) is 29.5 Å². The molecular formula is C12H17NO2S. The zero-order valence-corrected chi connectivity index (χ0v) is 10.3. The molecule has 0 aromatic carbocycles. The SMILES string of the molecule is CCOC1CCN(c2csc(C=O)c2)CC1. The zero-order chi connectivity index (χ0) is 11.4. The fourth-order valence-electron chi connectivity index (χ4n) is 2.09. The summed E-state index contributed by atoms with van der Waals surface area (Å²) in [4.78, 5) is 13.8. The second-order valence-corrected chi connectivity index (χ2v) is 4.91. The lowest BCUT2D eigenvalue weighted by Crippen LogP contribution is -2.36. The fourth-order valence-corrected chi connectivity index (χ4v) is 2.80. The molecule has 1 aromatic heterocycles. The largest absolute Gasteiger partial charge is 0.378 e. The summed E-state index contributed by atoms with van der Waals surface area (Å²) in [7, 11) is 0. The minimum Gasteiger partial charge on any atom is -0.378 e. The van der Waals surface area contributed by atoms with Gasteiger partial charge in [-0.25, -0.2) is 0 Å². The minimum absolute atomic E-state index is 0.422. The van der Waals surface area contributed by atoms with Gasteiger partial charge < -0.3 is 9.64 Å². The van der Waals surface area contributed by atoms with Crippen LogP contribution in [0.15, 0.2) is 11.4 Å². The maximum absolute atomic E-state index is 10.6. The molecule has 0 N–H and O–H groups in total. The zero-order valence-electron chi connectivity index (χ0n) is 9.52. The van der Waals surface area contributed by atoms with Crippen LogP contribution in [0.1, 0.15) is 29.4 Å². The lowest BCUT2D eigenvalue weighted by atomic mass is 10.1. The second kappa shape index (κ2) is 5.46. The summed E-state index contributed by atoms with van der Waals surface area (Å²) in [6.07, 6.45) is 3.51. The van der Waals surface area contributed by atoms with E-state index in [0.29, 0.717) is 6.10 Å². The minimum atomic E-state index is 0.422. The maximum atomic E-state index is 10.6. The van der Waals surface area contributed by atoms with Crippen LogP contribution in [0.2, 0.25) is 0 Å². The van der Waals surface area contributed by atoms with E-state index in [1.165, 1.54) is 17.0 Å². The monoisotopic (exact) mass is 239 g/mol. The van der Waals surface area contributed by atoms with Gasteiger partial charge in [-0.15, -0.1) is 11.3 Å². The van der Waals surface area contributed by atoms with Crippen LogP contribution >= 0.6 is 11.3 Å². The molecule has 4 heteroatoms. The molecular weight excluding hydrogens is 222 g/mol. The van der Waals surface area contributed by atoms with Gasteiger partial charge in [0.1, 0.15) is 0 Å². The molecule has 1 saturated heterocycles. The van der Waals surface area contributed by atoms with Gasteiger partial charge in [0, 0.05) is 30.8 Å². The number of nitrogens with zero attached hydrogens (tertiary/aromatic N) is 1. The van der Waals surface area contributed by atoms with Gasteiger partial charge in [-0.05, 0) is 25.8 Å². The third-order valence-corrected chi connectivity index (χ3v) is 3.78. The van der Waals surface area contributed by atoms with E-state index in [4.69, 9.17) is 4.74 Å². The third kappa shape index (κ3) is 2.62. The van der Waals surface area contributed by atoms with Crippen molar-refractivity contribution in [2.45, 2.75) is 25.9 Å². The van der Waals surface area contributed by atoms with E-state index in [2.05, 4.69) is 10.3 Å². The summed E-state index contributed by atoms with van der Waals surface area (Å²) in [5.41, 5.74) is 1.18. The number of piperidine rings is 1. The smallest absolute Gasteiger partial charge is 0.160 e. The van der Waals surface area contributed by atoms with Gasteiger partial charge in [0.05, 0.1) is 11.0 Å². The van der Waals surface area contributed by atoms with Gasteiger partial charge in [0.15, 0.2) is 6.29 Å². The van der Waals surface area contributed by atoms with Gasteiger partial charge >= 0.3 is 0 Å². The van der Waals surface area contributed by atoms with Crippen molar-refractivity contribution in [3.63, 3.8) is 0 Å². The standard InChI is InChI=1S/C12H17NO2S/c1-2-15-11-3-5-13(6-4-11)10-7-12(8-14)16-9-10/h7-9,11H,2-6H2,1H3. The Morgan fingerprint density at radius 3 is 2.88 bits per heavy atom. The van der Waals surface area contributed by atoms with Crippen molar-refractivity contribution in [3.8, 4) is 0 Å². The highest BCUT2D eigenvalue weighted by Crippen LogP contribution is 2.25. The maximum Gasteiger partial charge on any atom is 0.160 e. The van der Waals surface area contributed by atoms with Crippen molar-refractivity contribution >= 4 is 23.3 Å². The molecule has 0 amide bonds. The Morgan fingerprint density at radius 1 is 1.56 bits per heavy atom. The quantitative estimate of drug-likeness (QED) is 0.756. The van der Waals surface area contributed by atoms with Gasteiger partial charge in [-0.3, -0.25) is 4.79 Å². The average Bonchev–Trinajstić information content (AvgIpc) is 2.79. The number of hydrogen-bond donors (Lipinski definition) is 0. The molecule has 0 bridgehead atoms. The molecule has 1 aliphatic rings. The summed E-state index contributed by atoms with van der Waals surface area (Å²) in [6.45, 7) is 4.90. The lowest BCUT2D eigenvalue weighted by molar-refractivity contribution is 0.0459. The van der Waals surface area contributed by atoms with E-state index in [9.17, 15) is 4.79 Å². The molecule has 0 unspecified atom stereocenters. The Bertz CT molecular complexity index is 343. The van der Waals surface area contributed by atoms with E-state index in [0.717, 1.165) is 43.7 Å². The number of thiophene rings is 1. The van der Waals surface area contributed by atoms with Crippen LogP contribution in [0.3, 0.4) is 0 Å². The molecule has 3 nitrogen and oxygen atoms in total. The first kappa shape index (κ1) is 11.6. The van der Waals surface area contributed by atoms with Gasteiger partial charge in [0.2, 0.25) is 0 Å². The van der Waals surface area contributed by atoms with Gasteiger partial charge in [-0.1, -0.05) is 0 Å². The number of anilines is 1. The van der Waals surface area contributed by atoms with E-state index in [1.807, 2.05) is 13.0 Å². The van der Waals surface area contributed by atoms with Crippen LogP contribution in [0.4, 0.5) is 5.69 Å². The number of hydrogen-bond acceptors (Lipinski definition) is 4. The molecule has 1 aliphatic heterocycles. The van der Waals surface area contributed by atoms with Crippen molar-refractivity contribution in [2.24, 2.45) is 0 Å². The molecule has 88 valence electrons. The van der Waals surface area contributed by atoms with E-state index < -0.39 is 0 Å². The van der Waals surface area contributed by atoms with Crippen molar-refractivity contribution in [2.75, 3.05) is 24.6 Å². The van der Waals surface area contributed by atoms with E-state index in [1.54, 1.807) is 0 Å². The van der Waals surface area contributed by atoms with Crippen LogP contribution in [-0.2, 0) is 4.74 Å². The van der Waals surface area contributed by atoms with Crippen molar-refractivity contribution in [1.29, 1.82) is 0 Å². The molecule has 0 saturated carbocycles. The van der Waals surface area contributed by atoms with Crippen molar-refractivity contribution in [3.05, 3.63) is 16.3 Å². The predicted octanol–water partition coefficient (Wildman–Crippen LogP) is 2.57. The summed E-state index contributed by atoms with van der Waals surface area (Å²) >= 11 is 1.51. The van der Waals surface area contributed by atoms with Crippen LogP contribution in [0.25, 0.3) is 0 Å². The van der Waals surface area contributed by atoms with Gasteiger partial charge in [0.25, 0.3) is 0 Å². The summed E-state index contributed by atoms with van der Waals surface area (Å²) in [6, 6.07) is 1.97. The molecule has 1 fully saturated rings.